The summed E-state index contributed by atoms with van der Waals surface area (Å²) in [6.07, 6.45) is 3.12. The van der Waals surface area contributed by atoms with Crippen molar-refractivity contribution in [1.29, 1.82) is 0 Å². The fourth-order valence-corrected chi connectivity index (χ4v) is 3.84. The van der Waals surface area contributed by atoms with Crippen molar-refractivity contribution in [2.75, 3.05) is 32.9 Å². The van der Waals surface area contributed by atoms with Gasteiger partial charge in [0.05, 0.1) is 5.69 Å². The lowest BCUT2D eigenvalue weighted by atomic mass is 10.1. The maximum atomic E-state index is 12.5. The monoisotopic (exact) mass is 284 g/mol. The first-order valence-corrected chi connectivity index (χ1v) is 7.74. The molecule has 6 nitrogen and oxygen atoms in total. The zero-order valence-corrected chi connectivity index (χ0v) is 12.1. The van der Waals surface area contributed by atoms with E-state index in [-0.39, 0.29) is 10.7 Å². The molecule has 1 aromatic heterocycles. The number of nitrogens with two attached hydrogens (primary N) is 1. The standard InChI is InChI=1S/C12H20N4O2S/c1-15(2)10-5-8-16(9-6-10)19(17,18)12-11(13)4-3-7-14-12/h3-4,7,10H,5-6,8-9,13H2,1-2H3. The zero-order valence-electron chi connectivity index (χ0n) is 11.3. The van der Waals surface area contributed by atoms with Gasteiger partial charge < -0.3 is 10.6 Å². The predicted octanol–water partition coefficient (Wildman–Crippen LogP) is 0.378. The second kappa shape index (κ2) is 5.44. The van der Waals surface area contributed by atoms with E-state index in [0.717, 1.165) is 12.8 Å². The van der Waals surface area contributed by atoms with Crippen LogP contribution >= 0.6 is 0 Å². The van der Waals surface area contributed by atoms with E-state index in [0.29, 0.717) is 19.1 Å². The molecule has 0 bridgehead atoms. The number of aromatic nitrogens is 1. The number of pyridine rings is 1. The Bertz CT molecular complexity index is 536. The normalized spacial score (nSPS) is 18.9. The van der Waals surface area contributed by atoms with Gasteiger partial charge in [-0.05, 0) is 39.1 Å². The molecule has 19 heavy (non-hydrogen) atoms. The quantitative estimate of drug-likeness (QED) is 0.868. The molecular formula is C12H20N4O2S. The number of sulfonamides is 1. The van der Waals surface area contributed by atoms with Gasteiger partial charge in [0.1, 0.15) is 0 Å². The maximum Gasteiger partial charge on any atom is 0.262 e. The molecule has 0 saturated carbocycles. The molecule has 1 aromatic rings. The molecule has 0 amide bonds. The minimum atomic E-state index is -3.56. The van der Waals surface area contributed by atoms with Crippen LogP contribution in [0.4, 0.5) is 5.69 Å². The molecule has 1 saturated heterocycles. The van der Waals surface area contributed by atoms with Gasteiger partial charge in [-0.25, -0.2) is 13.4 Å². The molecule has 0 spiro atoms. The summed E-state index contributed by atoms with van der Waals surface area (Å²) < 4.78 is 26.4. The van der Waals surface area contributed by atoms with E-state index in [1.54, 1.807) is 12.1 Å². The molecule has 7 heteroatoms. The van der Waals surface area contributed by atoms with E-state index in [4.69, 9.17) is 5.73 Å². The minimum absolute atomic E-state index is 0.0293. The Morgan fingerprint density at radius 2 is 2.00 bits per heavy atom. The number of nitrogens with zero attached hydrogens (tertiary/aromatic N) is 3. The van der Waals surface area contributed by atoms with Crippen LogP contribution < -0.4 is 5.73 Å². The summed E-state index contributed by atoms with van der Waals surface area (Å²) in [6.45, 7) is 1.03. The van der Waals surface area contributed by atoms with Crippen LogP contribution in [0.1, 0.15) is 12.8 Å². The third-order valence-corrected chi connectivity index (χ3v) is 5.41. The highest BCUT2D eigenvalue weighted by molar-refractivity contribution is 7.89. The van der Waals surface area contributed by atoms with Crippen molar-refractivity contribution < 1.29 is 8.42 Å². The summed E-state index contributed by atoms with van der Waals surface area (Å²) in [5.74, 6) is 0. The Morgan fingerprint density at radius 1 is 1.37 bits per heavy atom. The highest BCUT2D eigenvalue weighted by Crippen LogP contribution is 2.23. The fraction of sp³-hybridized carbons (Fsp3) is 0.583. The molecular weight excluding hydrogens is 264 g/mol. The maximum absolute atomic E-state index is 12.5. The van der Waals surface area contributed by atoms with Gasteiger partial charge in [0, 0.05) is 25.3 Å². The number of anilines is 1. The van der Waals surface area contributed by atoms with Gasteiger partial charge in [-0.3, -0.25) is 0 Å². The molecule has 2 heterocycles. The van der Waals surface area contributed by atoms with Crippen LogP contribution in [0, 0.1) is 0 Å². The smallest absolute Gasteiger partial charge is 0.262 e. The van der Waals surface area contributed by atoms with E-state index in [1.165, 1.54) is 10.5 Å². The van der Waals surface area contributed by atoms with E-state index in [9.17, 15) is 8.42 Å². The van der Waals surface area contributed by atoms with Gasteiger partial charge in [-0.15, -0.1) is 0 Å². The SMILES string of the molecule is CN(C)C1CCN(S(=O)(=O)c2ncccc2N)CC1. The lowest BCUT2D eigenvalue weighted by Gasteiger charge is -2.34. The summed E-state index contributed by atoms with van der Waals surface area (Å²) in [7, 11) is 0.476. The van der Waals surface area contributed by atoms with Gasteiger partial charge in [0.25, 0.3) is 10.0 Å². The van der Waals surface area contributed by atoms with Crippen LogP contribution in [0.15, 0.2) is 23.4 Å². The largest absolute Gasteiger partial charge is 0.396 e. The van der Waals surface area contributed by atoms with E-state index in [1.807, 2.05) is 14.1 Å². The lowest BCUT2D eigenvalue weighted by Crippen LogP contribution is -2.44. The van der Waals surface area contributed by atoms with Crippen molar-refractivity contribution in [3.8, 4) is 0 Å². The molecule has 2 N–H and O–H groups in total. The van der Waals surface area contributed by atoms with E-state index in [2.05, 4.69) is 9.88 Å². The molecule has 2 rings (SSSR count). The molecule has 1 fully saturated rings. The summed E-state index contributed by atoms with van der Waals surface area (Å²) in [6, 6.07) is 3.63. The molecule has 106 valence electrons. The Hall–Kier alpha value is -1.18. The van der Waals surface area contributed by atoms with Crippen LogP contribution in [0.25, 0.3) is 0 Å². The number of hydrogen-bond acceptors (Lipinski definition) is 5. The molecule has 0 aromatic carbocycles. The van der Waals surface area contributed by atoms with Crippen molar-refractivity contribution in [3.05, 3.63) is 18.3 Å². The van der Waals surface area contributed by atoms with Gasteiger partial charge in [0.2, 0.25) is 0 Å². The second-order valence-electron chi connectivity index (χ2n) is 5.00. The average molecular weight is 284 g/mol. The van der Waals surface area contributed by atoms with Gasteiger partial charge in [-0.1, -0.05) is 0 Å². The average Bonchev–Trinajstić information content (AvgIpc) is 2.39. The third kappa shape index (κ3) is 2.88. The Labute approximate surface area is 114 Å². The highest BCUT2D eigenvalue weighted by Gasteiger charge is 2.31. The van der Waals surface area contributed by atoms with Crippen molar-refractivity contribution in [1.82, 2.24) is 14.2 Å². The molecule has 1 aliphatic heterocycles. The molecule has 1 aliphatic rings. The zero-order chi connectivity index (χ0) is 14.0. The summed E-state index contributed by atoms with van der Waals surface area (Å²) in [4.78, 5) is 6.05. The van der Waals surface area contributed by atoms with Crippen LogP contribution in [0.3, 0.4) is 0 Å². The number of nitrogen functional groups attached to an aromatic ring is 1. The van der Waals surface area contributed by atoms with Gasteiger partial charge >= 0.3 is 0 Å². The summed E-state index contributed by atoms with van der Waals surface area (Å²) in [5, 5.41) is -0.0293. The first kappa shape index (κ1) is 14.2. The minimum Gasteiger partial charge on any atom is -0.396 e. The number of hydrogen-bond donors (Lipinski definition) is 1. The number of rotatable bonds is 3. The third-order valence-electron chi connectivity index (χ3n) is 3.54. The first-order valence-electron chi connectivity index (χ1n) is 6.30. The van der Waals surface area contributed by atoms with Crippen LogP contribution in [0.5, 0.6) is 0 Å². The number of piperidine rings is 1. The predicted molar refractivity (Wildman–Crippen MR) is 74.1 cm³/mol. The van der Waals surface area contributed by atoms with E-state index < -0.39 is 10.0 Å². The van der Waals surface area contributed by atoms with Gasteiger partial charge in [-0.2, -0.15) is 4.31 Å². The highest BCUT2D eigenvalue weighted by atomic mass is 32.2. The molecule has 0 unspecified atom stereocenters. The Kier molecular flexibility index (Phi) is 4.07. The van der Waals surface area contributed by atoms with Crippen molar-refractivity contribution in [2.24, 2.45) is 0 Å². The first-order chi connectivity index (χ1) is 8.93. The van der Waals surface area contributed by atoms with Crippen LogP contribution in [-0.4, -0.2) is 55.8 Å². The van der Waals surface area contributed by atoms with Crippen molar-refractivity contribution in [3.63, 3.8) is 0 Å². The van der Waals surface area contributed by atoms with Crippen molar-refractivity contribution in [2.45, 2.75) is 23.9 Å². The van der Waals surface area contributed by atoms with Gasteiger partial charge in [0.15, 0.2) is 5.03 Å². The Balaban J connectivity index is 2.17. The van der Waals surface area contributed by atoms with Crippen LogP contribution in [0.2, 0.25) is 0 Å². The summed E-state index contributed by atoms with van der Waals surface area (Å²) in [5.41, 5.74) is 5.92. The van der Waals surface area contributed by atoms with Crippen LogP contribution in [-0.2, 0) is 10.0 Å². The van der Waals surface area contributed by atoms with Crippen molar-refractivity contribution >= 4 is 15.7 Å². The summed E-state index contributed by atoms with van der Waals surface area (Å²) >= 11 is 0. The fourth-order valence-electron chi connectivity index (χ4n) is 2.34. The topological polar surface area (TPSA) is 79.5 Å². The molecule has 0 radical (unpaired) electrons. The lowest BCUT2D eigenvalue weighted by molar-refractivity contribution is 0.196. The second-order valence-corrected chi connectivity index (χ2v) is 6.85. The van der Waals surface area contributed by atoms with E-state index >= 15 is 0 Å². The molecule has 0 aliphatic carbocycles. The Morgan fingerprint density at radius 3 is 2.53 bits per heavy atom. The molecule has 0 atom stereocenters.